The SMILES string of the molecule is Cc1nnc2n1C[C@H]1CC[C@@H](C2)N1C(=O)c1nccc2ccccc12. The zero-order valence-corrected chi connectivity index (χ0v) is 14.1. The van der Waals surface area contributed by atoms with Crippen LogP contribution in [-0.4, -0.2) is 42.6 Å². The molecule has 0 saturated carbocycles. The number of fused-ring (bicyclic) bond motifs is 4. The zero-order valence-electron chi connectivity index (χ0n) is 14.1. The summed E-state index contributed by atoms with van der Waals surface area (Å²) in [6, 6.07) is 10.3. The van der Waals surface area contributed by atoms with E-state index < -0.39 is 0 Å². The number of aryl methyl sites for hydroxylation is 1. The van der Waals surface area contributed by atoms with Gasteiger partial charge in [0.15, 0.2) is 0 Å². The third-order valence-corrected chi connectivity index (χ3v) is 5.55. The summed E-state index contributed by atoms with van der Waals surface area (Å²) in [7, 11) is 0. The van der Waals surface area contributed by atoms with Gasteiger partial charge in [-0.25, -0.2) is 0 Å². The van der Waals surface area contributed by atoms with Crippen molar-refractivity contribution in [2.24, 2.45) is 0 Å². The Balaban J connectivity index is 1.56. The molecule has 2 atom stereocenters. The first-order chi connectivity index (χ1) is 12.2. The average molecular weight is 333 g/mol. The maximum atomic E-state index is 13.4. The van der Waals surface area contributed by atoms with Crippen molar-refractivity contribution in [3.8, 4) is 0 Å². The quantitative estimate of drug-likeness (QED) is 0.686. The van der Waals surface area contributed by atoms with E-state index >= 15 is 0 Å². The standard InChI is InChI=1S/C19H19N5O/c1-12-21-22-17-10-14-6-7-15(11-23(12)17)24(14)19(25)18-16-5-3-2-4-13(16)8-9-20-18/h2-5,8-9,14-15H,6-7,10-11H2,1H3/t14-,15+/m0/s1. The Labute approximate surface area is 145 Å². The van der Waals surface area contributed by atoms with Gasteiger partial charge in [0.05, 0.1) is 6.04 Å². The molecule has 0 spiro atoms. The highest BCUT2D eigenvalue weighted by atomic mass is 16.2. The van der Waals surface area contributed by atoms with Crippen LogP contribution in [0.1, 0.15) is 35.0 Å². The minimum atomic E-state index is 0.0423. The van der Waals surface area contributed by atoms with E-state index in [0.29, 0.717) is 5.69 Å². The van der Waals surface area contributed by atoms with Gasteiger partial charge in [-0.3, -0.25) is 9.78 Å². The molecule has 126 valence electrons. The highest BCUT2D eigenvalue weighted by Crippen LogP contribution is 2.33. The van der Waals surface area contributed by atoms with E-state index in [1.165, 1.54) is 0 Å². The second kappa shape index (κ2) is 5.37. The summed E-state index contributed by atoms with van der Waals surface area (Å²) in [5.74, 6) is 1.97. The summed E-state index contributed by atoms with van der Waals surface area (Å²) in [4.78, 5) is 19.9. The molecule has 6 nitrogen and oxygen atoms in total. The fraction of sp³-hybridized carbons (Fsp3) is 0.368. The molecule has 5 rings (SSSR count). The summed E-state index contributed by atoms with van der Waals surface area (Å²) >= 11 is 0. The number of benzene rings is 1. The van der Waals surface area contributed by atoms with Crippen LogP contribution in [0.2, 0.25) is 0 Å². The summed E-state index contributed by atoms with van der Waals surface area (Å²) in [5, 5.41) is 10.5. The van der Waals surface area contributed by atoms with Crippen molar-refractivity contribution in [2.45, 2.75) is 44.8 Å². The molecule has 2 bridgehead atoms. The predicted molar refractivity (Wildman–Crippen MR) is 93.2 cm³/mol. The van der Waals surface area contributed by atoms with Gasteiger partial charge in [0, 0.05) is 30.6 Å². The molecule has 6 heteroatoms. The van der Waals surface area contributed by atoms with E-state index in [4.69, 9.17) is 0 Å². The van der Waals surface area contributed by atoms with Crippen molar-refractivity contribution in [1.29, 1.82) is 0 Å². The van der Waals surface area contributed by atoms with Crippen LogP contribution in [0.3, 0.4) is 0 Å². The molecule has 2 aromatic heterocycles. The molecule has 0 aliphatic carbocycles. The summed E-state index contributed by atoms with van der Waals surface area (Å²) in [5.41, 5.74) is 0.560. The second-order valence-electron chi connectivity index (χ2n) is 6.96. The van der Waals surface area contributed by atoms with Gasteiger partial charge in [0.1, 0.15) is 17.3 Å². The van der Waals surface area contributed by atoms with Crippen LogP contribution >= 0.6 is 0 Å². The molecule has 0 unspecified atom stereocenters. The number of nitrogens with zero attached hydrogens (tertiary/aromatic N) is 5. The van der Waals surface area contributed by atoms with Crippen LogP contribution in [0.15, 0.2) is 36.5 Å². The van der Waals surface area contributed by atoms with Crippen LogP contribution in [0.25, 0.3) is 10.8 Å². The zero-order chi connectivity index (χ0) is 17.0. The fourth-order valence-corrected chi connectivity index (χ4v) is 4.32. The van der Waals surface area contributed by atoms with Gasteiger partial charge in [-0.15, -0.1) is 10.2 Å². The van der Waals surface area contributed by atoms with Crippen LogP contribution in [0.5, 0.6) is 0 Å². The highest BCUT2D eigenvalue weighted by molar-refractivity contribution is 6.05. The Bertz CT molecular complexity index is 974. The maximum absolute atomic E-state index is 13.4. The minimum Gasteiger partial charge on any atom is -0.329 e. The number of hydrogen-bond acceptors (Lipinski definition) is 4. The fourth-order valence-electron chi connectivity index (χ4n) is 4.32. The molecule has 0 radical (unpaired) electrons. The molecule has 4 heterocycles. The molecule has 2 aliphatic heterocycles. The highest BCUT2D eigenvalue weighted by Gasteiger charge is 2.41. The summed E-state index contributed by atoms with van der Waals surface area (Å²) in [6.07, 6.45) is 4.55. The maximum Gasteiger partial charge on any atom is 0.273 e. The van der Waals surface area contributed by atoms with Gasteiger partial charge in [-0.1, -0.05) is 24.3 Å². The van der Waals surface area contributed by atoms with Crippen LogP contribution in [0.4, 0.5) is 0 Å². The number of pyridine rings is 1. The van der Waals surface area contributed by atoms with Crippen molar-refractivity contribution >= 4 is 16.7 Å². The molecular formula is C19H19N5O. The third kappa shape index (κ3) is 2.17. The van der Waals surface area contributed by atoms with E-state index in [-0.39, 0.29) is 18.0 Å². The number of carbonyl (C=O) groups excluding carboxylic acids is 1. The van der Waals surface area contributed by atoms with E-state index in [0.717, 1.165) is 48.2 Å². The predicted octanol–water partition coefficient (Wildman–Crippen LogP) is 2.36. The summed E-state index contributed by atoms with van der Waals surface area (Å²) in [6.45, 7) is 2.76. The van der Waals surface area contributed by atoms with Gasteiger partial charge in [0.2, 0.25) is 0 Å². The molecular weight excluding hydrogens is 314 g/mol. The van der Waals surface area contributed by atoms with Crippen molar-refractivity contribution in [3.05, 3.63) is 53.9 Å². The lowest BCUT2D eigenvalue weighted by atomic mass is 10.1. The molecule has 1 amide bonds. The lowest BCUT2D eigenvalue weighted by molar-refractivity contribution is 0.0661. The van der Waals surface area contributed by atoms with E-state index in [9.17, 15) is 4.79 Å². The van der Waals surface area contributed by atoms with Gasteiger partial charge >= 0.3 is 0 Å². The lowest BCUT2D eigenvalue weighted by Gasteiger charge is -2.28. The topological polar surface area (TPSA) is 63.9 Å². The molecule has 25 heavy (non-hydrogen) atoms. The smallest absolute Gasteiger partial charge is 0.273 e. The largest absolute Gasteiger partial charge is 0.329 e. The van der Waals surface area contributed by atoms with Gasteiger partial charge < -0.3 is 9.47 Å². The van der Waals surface area contributed by atoms with E-state index in [1.807, 2.05) is 37.3 Å². The first kappa shape index (κ1) is 14.6. The average Bonchev–Trinajstić information content (AvgIpc) is 3.12. The number of amides is 1. The van der Waals surface area contributed by atoms with Crippen LogP contribution in [-0.2, 0) is 13.0 Å². The third-order valence-electron chi connectivity index (χ3n) is 5.55. The lowest BCUT2D eigenvalue weighted by Crippen LogP contribution is -2.42. The van der Waals surface area contributed by atoms with Crippen LogP contribution in [0, 0.1) is 6.92 Å². The van der Waals surface area contributed by atoms with Crippen molar-refractivity contribution in [3.63, 3.8) is 0 Å². The number of aromatic nitrogens is 4. The van der Waals surface area contributed by atoms with E-state index in [2.05, 4.69) is 24.6 Å². The number of hydrogen-bond donors (Lipinski definition) is 0. The van der Waals surface area contributed by atoms with Crippen molar-refractivity contribution < 1.29 is 4.79 Å². The van der Waals surface area contributed by atoms with Gasteiger partial charge in [-0.2, -0.15) is 0 Å². The first-order valence-corrected chi connectivity index (χ1v) is 8.77. The number of rotatable bonds is 1. The summed E-state index contributed by atoms with van der Waals surface area (Å²) < 4.78 is 2.17. The van der Waals surface area contributed by atoms with Crippen LogP contribution < -0.4 is 0 Å². The Hall–Kier alpha value is -2.76. The second-order valence-corrected chi connectivity index (χ2v) is 6.96. The Morgan fingerprint density at radius 3 is 2.88 bits per heavy atom. The Morgan fingerprint density at radius 1 is 1.12 bits per heavy atom. The molecule has 2 aliphatic rings. The molecule has 3 aromatic rings. The van der Waals surface area contributed by atoms with Crippen molar-refractivity contribution in [2.75, 3.05) is 0 Å². The molecule has 0 N–H and O–H groups in total. The Morgan fingerprint density at radius 2 is 1.96 bits per heavy atom. The minimum absolute atomic E-state index is 0.0423. The number of carbonyl (C=O) groups is 1. The van der Waals surface area contributed by atoms with Gasteiger partial charge in [-0.05, 0) is 31.2 Å². The molecule has 1 fully saturated rings. The Kier molecular flexibility index (Phi) is 3.13. The monoisotopic (exact) mass is 333 g/mol. The molecule has 1 aromatic carbocycles. The van der Waals surface area contributed by atoms with E-state index in [1.54, 1.807) is 6.20 Å². The normalized spacial score (nSPS) is 22.0. The first-order valence-electron chi connectivity index (χ1n) is 8.77. The molecule has 1 saturated heterocycles. The van der Waals surface area contributed by atoms with Crippen molar-refractivity contribution in [1.82, 2.24) is 24.6 Å². The van der Waals surface area contributed by atoms with Gasteiger partial charge in [0.25, 0.3) is 5.91 Å².